The van der Waals surface area contributed by atoms with Crippen LogP contribution in [0.15, 0.2) is 0 Å². The minimum absolute atomic E-state index is 0.0428. The minimum Gasteiger partial charge on any atom is -0.366 e. The molecule has 0 spiro atoms. The van der Waals surface area contributed by atoms with Gasteiger partial charge in [0, 0.05) is 5.92 Å². The predicted octanol–water partition coefficient (Wildman–Crippen LogP) is 0.491. The molecule has 76 valence electrons. The van der Waals surface area contributed by atoms with Crippen LogP contribution < -0.4 is 0 Å². The highest BCUT2D eigenvalue weighted by Gasteiger charge is 2.50. The van der Waals surface area contributed by atoms with E-state index < -0.39 is 12.1 Å². The normalized spacial score (nSPS) is 48.9. The second kappa shape index (κ2) is 2.92. The summed E-state index contributed by atoms with van der Waals surface area (Å²) in [5.41, 5.74) is 0. The van der Waals surface area contributed by atoms with Gasteiger partial charge in [0.1, 0.15) is 6.10 Å². The number of fused-ring (bicyclic) bond motifs is 1. The molecule has 1 N–H and O–H groups in total. The largest absolute Gasteiger partial charge is 0.366 e. The van der Waals surface area contributed by atoms with E-state index in [0.717, 1.165) is 0 Å². The lowest BCUT2D eigenvalue weighted by Crippen LogP contribution is -2.47. The first-order valence-corrected chi connectivity index (χ1v) is 4.65. The second-order valence-electron chi connectivity index (χ2n) is 4.27. The lowest BCUT2D eigenvalue weighted by molar-refractivity contribution is -0.214. The van der Waals surface area contributed by atoms with Gasteiger partial charge in [-0.05, 0) is 13.8 Å². The number of rotatable bonds is 0. The maximum absolute atomic E-state index is 9.50. The van der Waals surface area contributed by atoms with Crippen LogP contribution in [0.25, 0.3) is 0 Å². The van der Waals surface area contributed by atoms with Crippen LogP contribution in [0.4, 0.5) is 0 Å². The lowest BCUT2D eigenvalue weighted by atomic mass is 9.98. The predicted molar refractivity (Wildman–Crippen MR) is 44.9 cm³/mol. The molecule has 2 fully saturated rings. The monoisotopic (exact) mass is 188 g/mol. The molecule has 4 atom stereocenters. The number of ether oxygens (including phenoxy) is 3. The Balaban J connectivity index is 2.14. The summed E-state index contributed by atoms with van der Waals surface area (Å²) in [6, 6.07) is 0. The molecule has 0 saturated carbocycles. The van der Waals surface area contributed by atoms with E-state index >= 15 is 0 Å². The zero-order valence-electron chi connectivity index (χ0n) is 8.19. The van der Waals surface area contributed by atoms with Gasteiger partial charge >= 0.3 is 0 Å². The fourth-order valence-electron chi connectivity index (χ4n) is 1.92. The summed E-state index contributed by atoms with van der Waals surface area (Å²) in [5, 5.41) is 9.50. The van der Waals surface area contributed by atoms with Gasteiger partial charge in [0.05, 0.1) is 12.7 Å². The van der Waals surface area contributed by atoms with Crippen LogP contribution in [0, 0.1) is 5.92 Å². The lowest BCUT2D eigenvalue weighted by Gasteiger charge is -2.32. The van der Waals surface area contributed by atoms with Crippen LogP contribution in [-0.4, -0.2) is 36.0 Å². The Labute approximate surface area is 77.8 Å². The Morgan fingerprint density at radius 2 is 1.85 bits per heavy atom. The maximum Gasteiger partial charge on any atom is 0.183 e. The van der Waals surface area contributed by atoms with E-state index in [0.29, 0.717) is 6.61 Å². The van der Waals surface area contributed by atoms with Crippen molar-refractivity contribution in [1.29, 1.82) is 0 Å². The summed E-state index contributed by atoms with van der Waals surface area (Å²) < 4.78 is 16.4. The van der Waals surface area contributed by atoms with E-state index in [4.69, 9.17) is 14.2 Å². The van der Waals surface area contributed by atoms with E-state index in [9.17, 15) is 5.11 Å². The van der Waals surface area contributed by atoms with Crippen molar-refractivity contribution in [2.24, 2.45) is 5.92 Å². The molecule has 0 bridgehead atoms. The molecule has 0 aromatic carbocycles. The van der Waals surface area contributed by atoms with E-state index in [2.05, 4.69) is 0 Å². The fourth-order valence-corrected chi connectivity index (χ4v) is 1.92. The molecule has 2 rings (SSSR count). The van der Waals surface area contributed by atoms with E-state index in [1.807, 2.05) is 20.8 Å². The van der Waals surface area contributed by atoms with Gasteiger partial charge < -0.3 is 19.3 Å². The van der Waals surface area contributed by atoms with E-state index in [1.54, 1.807) is 0 Å². The Hall–Kier alpha value is -0.160. The Morgan fingerprint density at radius 3 is 2.46 bits per heavy atom. The van der Waals surface area contributed by atoms with Gasteiger partial charge in [0.25, 0.3) is 0 Å². The first-order chi connectivity index (χ1) is 5.99. The molecule has 2 heterocycles. The number of aliphatic hydroxyl groups excluding tert-OH is 1. The first-order valence-electron chi connectivity index (χ1n) is 4.65. The third-order valence-corrected chi connectivity index (χ3v) is 2.54. The highest BCUT2D eigenvalue weighted by molar-refractivity contribution is 4.89. The number of hydrogen-bond donors (Lipinski definition) is 1. The molecule has 2 unspecified atom stereocenters. The van der Waals surface area contributed by atoms with Crippen LogP contribution >= 0.6 is 0 Å². The molecule has 2 aliphatic rings. The first kappa shape index (κ1) is 9.40. The Bertz CT molecular complexity index is 184. The summed E-state index contributed by atoms with van der Waals surface area (Å²) in [4.78, 5) is 0. The average Bonchev–Trinajstić information content (AvgIpc) is 2.35. The zero-order chi connectivity index (χ0) is 9.64. The summed E-state index contributed by atoms with van der Waals surface area (Å²) in [5.74, 6) is -0.326. The fraction of sp³-hybridized carbons (Fsp3) is 1.00. The molecule has 2 aliphatic heterocycles. The third-order valence-electron chi connectivity index (χ3n) is 2.54. The van der Waals surface area contributed by atoms with Gasteiger partial charge in [-0.15, -0.1) is 0 Å². The van der Waals surface area contributed by atoms with Gasteiger partial charge in [0.2, 0.25) is 0 Å². The molecule has 4 heteroatoms. The van der Waals surface area contributed by atoms with Crippen LogP contribution in [0.5, 0.6) is 0 Å². The second-order valence-corrected chi connectivity index (χ2v) is 4.27. The zero-order valence-corrected chi connectivity index (χ0v) is 8.19. The van der Waals surface area contributed by atoms with Crippen molar-refractivity contribution in [2.45, 2.75) is 45.1 Å². The van der Waals surface area contributed by atoms with E-state index in [-0.39, 0.29) is 18.1 Å². The quantitative estimate of drug-likeness (QED) is 0.601. The highest BCUT2D eigenvalue weighted by atomic mass is 16.8. The molecule has 0 aromatic heterocycles. The van der Waals surface area contributed by atoms with Crippen LogP contribution in [-0.2, 0) is 14.2 Å². The minimum atomic E-state index is -0.844. The molecular weight excluding hydrogens is 172 g/mol. The SMILES string of the molecule is C[C@H]1CO[C@@H](O)C2OC(C)(C)OC21. The van der Waals surface area contributed by atoms with Crippen molar-refractivity contribution in [2.75, 3.05) is 6.61 Å². The molecule has 0 amide bonds. The Kier molecular flexibility index (Phi) is 2.11. The smallest absolute Gasteiger partial charge is 0.183 e. The van der Waals surface area contributed by atoms with Crippen LogP contribution in [0.3, 0.4) is 0 Å². The summed E-state index contributed by atoms with van der Waals surface area (Å²) in [6.45, 7) is 6.27. The van der Waals surface area contributed by atoms with Crippen molar-refractivity contribution in [1.82, 2.24) is 0 Å². The molecule has 2 saturated heterocycles. The van der Waals surface area contributed by atoms with Gasteiger partial charge in [-0.25, -0.2) is 0 Å². The molecule has 0 aliphatic carbocycles. The van der Waals surface area contributed by atoms with Crippen molar-refractivity contribution in [3.05, 3.63) is 0 Å². The number of hydrogen-bond acceptors (Lipinski definition) is 4. The summed E-state index contributed by atoms with van der Waals surface area (Å²) in [7, 11) is 0. The summed E-state index contributed by atoms with van der Waals surface area (Å²) >= 11 is 0. The van der Waals surface area contributed by atoms with E-state index in [1.165, 1.54) is 0 Å². The molecule has 13 heavy (non-hydrogen) atoms. The van der Waals surface area contributed by atoms with Crippen molar-refractivity contribution in [3.8, 4) is 0 Å². The van der Waals surface area contributed by atoms with Crippen LogP contribution in [0.1, 0.15) is 20.8 Å². The van der Waals surface area contributed by atoms with Gasteiger partial charge in [-0.2, -0.15) is 0 Å². The average molecular weight is 188 g/mol. The van der Waals surface area contributed by atoms with Crippen molar-refractivity contribution in [3.63, 3.8) is 0 Å². The van der Waals surface area contributed by atoms with Crippen molar-refractivity contribution < 1.29 is 19.3 Å². The van der Waals surface area contributed by atoms with Crippen LogP contribution in [0.2, 0.25) is 0 Å². The topological polar surface area (TPSA) is 47.9 Å². The highest BCUT2D eigenvalue weighted by Crippen LogP contribution is 2.36. The number of aliphatic hydroxyl groups is 1. The molecule has 4 nitrogen and oxygen atoms in total. The molecular formula is C9H16O4. The van der Waals surface area contributed by atoms with Gasteiger partial charge in [-0.3, -0.25) is 0 Å². The maximum atomic E-state index is 9.50. The molecule has 0 aromatic rings. The van der Waals surface area contributed by atoms with Gasteiger partial charge in [-0.1, -0.05) is 6.92 Å². The Morgan fingerprint density at radius 1 is 1.23 bits per heavy atom. The van der Waals surface area contributed by atoms with Gasteiger partial charge in [0.15, 0.2) is 12.1 Å². The standard InChI is InChI=1S/C9H16O4/c1-5-4-11-8(10)7-6(5)12-9(2,3)13-7/h5-8,10H,4H2,1-3H3/t5-,6?,7?,8+/m0/s1. The summed E-state index contributed by atoms with van der Waals surface area (Å²) in [6.07, 6.45) is -1.22. The van der Waals surface area contributed by atoms with Crippen molar-refractivity contribution >= 4 is 0 Å². The molecule has 0 radical (unpaired) electrons. The third kappa shape index (κ3) is 1.59.